The van der Waals surface area contributed by atoms with Crippen LogP contribution < -0.4 is 5.32 Å². The average molecular weight is 297 g/mol. The van der Waals surface area contributed by atoms with Crippen LogP contribution in [0.2, 0.25) is 0 Å². The molecule has 0 saturated carbocycles. The van der Waals surface area contributed by atoms with Crippen LogP contribution in [0, 0.1) is 6.92 Å². The normalized spacial score (nSPS) is 11.2. The smallest absolute Gasteiger partial charge is 0.0338 e. The maximum Gasteiger partial charge on any atom is 0.0338 e. The Morgan fingerprint density at radius 2 is 1.30 bits per heavy atom. The van der Waals surface area contributed by atoms with Gasteiger partial charge in [-0.2, -0.15) is 0 Å². The third-order valence-electron chi connectivity index (χ3n) is 4.64. The maximum atomic E-state index is 4.10. The van der Waals surface area contributed by atoms with Crippen LogP contribution in [0.25, 0.3) is 38.0 Å². The van der Waals surface area contributed by atoms with Crippen LogP contribution in [0.4, 0.5) is 0 Å². The molecule has 0 bridgehead atoms. The number of aryl methyl sites for hydroxylation is 1. The van der Waals surface area contributed by atoms with E-state index in [1.165, 1.54) is 37.9 Å². The summed E-state index contributed by atoms with van der Waals surface area (Å²) in [7, 11) is 1.91. The number of nitrogens with one attached hydrogen (secondary N) is 1. The molecule has 0 aliphatic heterocycles. The third kappa shape index (κ3) is 2.08. The molecule has 112 valence electrons. The number of hydrogen-bond acceptors (Lipinski definition) is 1. The van der Waals surface area contributed by atoms with Crippen molar-refractivity contribution < 1.29 is 0 Å². The van der Waals surface area contributed by atoms with Gasteiger partial charge in [0, 0.05) is 12.7 Å². The SMILES string of the molecule is C=C(NC)c1ccc2c3cc(C)ccc3c3ccccc3c2c1. The van der Waals surface area contributed by atoms with Gasteiger partial charge in [0.25, 0.3) is 0 Å². The molecular weight excluding hydrogens is 278 g/mol. The first-order valence-corrected chi connectivity index (χ1v) is 7.91. The summed E-state index contributed by atoms with van der Waals surface area (Å²) in [5, 5.41) is 11.0. The number of rotatable bonds is 2. The van der Waals surface area contributed by atoms with Crippen molar-refractivity contribution in [1.82, 2.24) is 5.32 Å². The lowest BCUT2D eigenvalue weighted by atomic mass is 9.92. The standard InChI is InChI=1S/C22H19N/c1-14-8-10-19-17-6-4-5-7-18(17)22-13-16(15(2)23-3)9-11-20(22)21(19)12-14/h4-13,23H,2H2,1,3H3. The minimum Gasteiger partial charge on any atom is -0.388 e. The molecule has 4 aromatic carbocycles. The van der Waals surface area contributed by atoms with Crippen LogP contribution in [-0.2, 0) is 0 Å². The Morgan fingerprint density at radius 3 is 2.04 bits per heavy atom. The van der Waals surface area contributed by atoms with Crippen molar-refractivity contribution >= 4 is 38.0 Å². The molecule has 0 spiro atoms. The maximum absolute atomic E-state index is 4.10. The molecule has 0 amide bonds. The number of benzene rings is 4. The summed E-state index contributed by atoms with van der Waals surface area (Å²) in [6.45, 7) is 6.25. The van der Waals surface area contributed by atoms with Gasteiger partial charge in [-0.3, -0.25) is 0 Å². The molecule has 1 nitrogen and oxygen atoms in total. The van der Waals surface area contributed by atoms with Crippen molar-refractivity contribution in [1.29, 1.82) is 0 Å². The lowest BCUT2D eigenvalue weighted by molar-refractivity contribution is 1.13. The lowest BCUT2D eigenvalue weighted by Crippen LogP contribution is -2.02. The minimum atomic E-state index is 0.945. The first kappa shape index (κ1) is 13.8. The number of fused-ring (bicyclic) bond motifs is 6. The Labute approximate surface area is 136 Å². The van der Waals surface area contributed by atoms with Gasteiger partial charge >= 0.3 is 0 Å². The van der Waals surface area contributed by atoms with Crippen LogP contribution in [0.15, 0.2) is 67.2 Å². The minimum absolute atomic E-state index is 0.945. The number of hydrogen-bond donors (Lipinski definition) is 1. The zero-order valence-electron chi connectivity index (χ0n) is 13.5. The Balaban J connectivity index is 2.25. The second-order valence-electron chi connectivity index (χ2n) is 6.08. The van der Waals surface area contributed by atoms with Crippen molar-refractivity contribution in [3.05, 3.63) is 78.4 Å². The highest BCUT2D eigenvalue weighted by molar-refractivity contribution is 6.25. The van der Waals surface area contributed by atoms with Crippen molar-refractivity contribution in [3.63, 3.8) is 0 Å². The van der Waals surface area contributed by atoms with Crippen LogP contribution in [0.5, 0.6) is 0 Å². The summed E-state index contributed by atoms with van der Waals surface area (Å²) in [4.78, 5) is 0. The zero-order chi connectivity index (χ0) is 16.0. The Morgan fingerprint density at radius 1 is 0.739 bits per heavy atom. The highest BCUT2D eigenvalue weighted by atomic mass is 14.8. The van der Waals surface area contributed by atoms with Gasteiger partial charge < -0.3 is 5.32 Å². The first-order chi connectivity index (χ1) is 11.2. The van der Waals surface area contributed by atoms with Gasteiger partial charge in [0.1, 0.15) is 0 Å². The molecule has 1 heteroatoms. The summed E-state index contributed by atoms with van der Waals surface area (Å²) in [6, 6.07) is 22.0. The molecule has 4 aromatic rings. The molecule has 0 aliphatic rings. The van der Waals surface area contributed by atoms with E-state index < -0.39 is 0 Å². The predicted molar refractivity (Wildman–Crippen MR) is 102 cm³/mol. The summed E-state index contributed by atoms with van der Waals surface area (Å²) < 4.78 is 0. The van der Waals surface area contributed by atoms with E-state index in [4.69, 9.17) is 0 Å². The van der Waals surface area contributed by atoms with Crippen molar-refractivity contribution in [3.8, 4) is 0 Å². The second kappa shape index (κ2) is 5.13. The van der Waals surface area contributed by atoms with Crippen LogP contribution in [0.3, 0.4) is 0 Å². The highest BCUT2D eigenvalue weighted by Gasteiger charge is 2.09. The summed E-state index contributed by atoms with van der Waals surface area (Å²) in [6.07, 6.45) is 0. The van der Waals surface area contributed by atoms with Gasteiger partial charge in [0.2, 0.25) is 0 Å². The van der Waals surface area contributed by atoms with E-state index in [0.29, 0.717) is 0 Å². The molecule has 0 saturated heterocycles. The highest BCUT2D eigenvalue weighted by Crippen LogP contribution is 2.36. The quantitative estimate of drug-likeness (QED) is 0.472. The first-order valence-electron chi connectivity index (χ1n) is 7.91. The van der Waals surface area contributed by atoms with Gasteiger partial charge in [-0.1, -0.05) is 66.7 Å². The van der Waals surface area contributed by atoms with E-state index in [9.17, 15) is 0 Å². The molecule has 0 aromatic heterocycles. The second-order valence-corrected chi connectivity index (χ2v) is 6.08. The monoisotopic (exact) mass is 297 g/mol. The van der Waals surface area contributed by atoms with Crippen LogP contribution >= 0.6 is 0 Å². The predicted octanol–water partition coefficient (Wildman–Crippen LogP) is 5.64. The average Bonchev–Trinajstić information content (AvgIpc) is 2.60. The van der Waals surface area contributed by atoms with Crippen molar-refractivity contribution in [2.75, 3.05) is 7.05 Å². The van der Waals surface area contributed by atoms with Crippen molar-refractivity contribution in [2.45, 2.75) is 6.92 Å². The Hall–Kier alpha value is -2.80. The van der Waals surface area contributed by atoms with E-state index in [0.717, 1.165) is 11.3 Å². The van der Waals surface area contributed by atoms with E-state index in [1.54, 1.807) is 0 Å². The summed E-state index contributed by atoms with van der Waals surface area (Å²) in [5.74, 6) is 0. The van der Waals surface area contributed by atoms with Crippen molar-refractivity contribution in [2.24, 2.45) is 0 Å². The molecule has 0 aliphatic carbocycles. The van der Waals surface area contributed by atoms with E-state index in [-0.39, 0.29) is 0 Å². The Bertz CT molecular complexity index is 1070. The van der Waals surface area contributed by atoms with Gasteiger partial charge in [-0.25, -0.2) is 0 Å². The topological polar surface area (TPSA) is 12.0 Å². The van der Waals surface area contributed by atoms with Crippen LogP contribution in [-0.4, -0.2) is 7.05 Å². The van der Waals surface area contributed by atoms with E-state index in [1.807, 2.05) is 7.05 Å². The fourth-order valence-corrected chi connectivity index (χ4v) is 3.40. The lowest BCUT2D eigenvalue weighted by Gasteiger charge is -2.13. The molecular formula is C22H19N. The molecule has 23 heavy (non-hydrogen) atoms. The molecule has 0 heterocycles. The molecule has 0 fully saturated rings. The van der Waals surface area contributed by atoms with Gasteiger partial charge in [-0.05, 0) is 50.9 Å². The molecule has 0 radical (unpaired) electrons. The zero-order valence-corrected chi connectivity index (χ0v) is 13.5. The molecule has 0 unspecified atom stereocenters. The van der Waals surface area contributed by atoms with Gasteiger partial charge in [0.15, 0.2) is 0 Å². The Kier molecular flexibility index (Phi) is 3.09. The fourth-order valence-electron chi connectivity index (χ4n) is 3.40. The molecule has 0 atom stereocenters. The van der Waals surface area contributed by atoms with E-state index in [2.05, 4.69) is 79.5 Å². The fraction of sp³-hybridized carbons (Fsp3) is 0.0909. The molecule has 1 N–H and O–H groups in total. The van der Waals surface area contributed by atoms with E-state index >= 15 is 0 Å². The van der Waals surface area contributed by atoms with Crippen LogP contribution in [0.1, 0.15) is 11.1 Å². The largest absolute Gasteiger partial charge is 0.388 e. The molecule has 4 rings (SSSR count). The summed E-state index contributed by atoms with van der Waals surface area (Å²) >= 11 is 0. The summed E-state index contributed by atoms with van der Waals surface area (Å²) in [5.41, 5.74) is 3.37. The van der Waals surface area contributed by atoms with Gasteiger partial charge in [-0.15, -0.1) is 0 Å². The van der Waals surface area contributed by atoms with Gasteiger partial charge in [0.05, 0.1) is 0 Å². The third-order valence-corrected chi connectivity index (χ3v) is 4.64.